The number of aromatic nitrogens is 3. The predicted molar refractivity (Wildman–Crippen MR) is 83.9 cm³/mol. The first-order valence-electron chi connectivity index (χ1n) is 6.18. The quantitative estimate of drug-likeness (QED) is 0.778. The van der Waals surface area contributed by atoms with Gasteiger partial charge < -0.3 is 5.73 Å². The zero-order valence-corrected chi connectivity index (χ0v) is 13.0. The highest BCUT2D eigenvalue weighted by Crippen LogP contribution is 2.42. The highest BCUT2D eigenvalue weighted by molar-refractivity contribution is 7.15. The van der Waals surface area contributed by atoms with Gasteiger partial charge in [0.2, 0.25) is 0 Å². The molecule has 0 bridgehead atoms. The van der Waals surface area contributed by atoms with Crippen molar-refractivity contribution in [3.05, 3.63) is 40.2 Å². The molecule has 0 aliphatic rings. The zero-order valence-electron chi connectivity index (χ0n) is 11.4. The number of nitrogens with two attached hydrogens (primary N) is 1. The normalized spacial score (nSPS) is 11.0. The molecular weight excluding hydrogens is 311 g/mol. The lowest BCUT2D eigenvalue weighted by atomic mass is 10.0. The van der Waals surface area contributed by atoms with Crippen LogP contribution in [-0.4, -0.2) is 14.8 Å². The SMILES string of the molecule is Cc1ncc(-c2nn(C)c(N)c2-c2c(F)cccc2Cl)s1. The largest absolute Gasteiger partial charge is 0.383 e. The summed E-state index contributed by atoms with van der Waals surface area (Å²) in [7, 11) is 1.71. The van der Waals surface area contributed by atoms with E-state index in [9.17, 15) is 4.39 Å². The lowest BCUT2D eigenvalue weighted by Gasteiger charge is -2.07. The minimum Gasteiger partial charge on any atom is -0.383 e. The number of anilines is 1. The van der Waals surface area contributed by atoms with Crippen LogP contribution < -0.4 is 5.73 Å². The van der Waals surface area contributed by atoms with Crippen LogP contribution in [0.15, 0.2) is 24.4 Å². The molecule has 3 aromatic rings. The Bertz CT molecular complexity index is 804. The second-order valence-corrected chi connectivity index (χ2v) is 6.21. The van der Waals surface area contributed by atoms with Gasteiger partial charge in [0.15, 0.2) is 0 Å². The maximum atomic E-state index is 14.2. The lowest BCUT2D eigenvalue weighted by Crippen LogP contribution is -1.98. The van der Waals surface area contributed by atoms with E-state index in [1.807, 2.05) is 6.92 Å². The molecule has 0 saturated carbocycles. The molecule has 4 nitrogen and oxygen atoms in total. The number of aryl methyl sites for hydroxylation is 2. The molecular formula is C14H12ClFN4S. The van der Waals surface area contributed by atoms with Gasteiger partial charge in [0.25, 0.3) is 0 Å². The van der Waals surface area contributed by atoms with Crippen molar-refractivity contribution in [2.45, 2.75) is 6.92 Å². The Kier molecular flexibility index (Phi) is 3.43. The molecule has 1 aromatic carbocycles. The molecule has 0 unspecified atom stereocenters. The van der Waals surface area contributed by atoms with Crippen LogP contribution in [-0.2, 0) is 7.05 Å². The van der Waals surface area contributed by atoms with Gasteiger partial charge in [-0.25, -0.2) is 9.37 Å². The number of benzene rings is 1. The molecule has 0 radical (unpaired) electrons. The van der Waals surface area contributed by atoms with E-state index >= 15 is 0 Å². The Morgan fingerprint density at radius 2 is 2.10 bits per heavy atom. The first-order valence-corrected chi connectivity index (χ1v) is 7.38. The third-order valence-corrected chi connectivity index (χ3v) is 4.39. The first kappa shape index (κ1) is 14.0. The highest BCUT2D eigenvalue weighted by Gasteiger charge is 2.23. The van der Waals surface area contributed by atoms with Crippen LogP contribution in [0.5, 0.6) is 0 Å². The van der Waals surface area contributed by atoms with E-state index in [1.54, 1.807) is 25.4 Å². The molecule has 0 amide bonds. The number of hydrogen-bond donors (Lipinski definition) is 1. The van der Waals surface area contributed by atoms with Gasteiger partial charge in [0, 0.05) is 18.8 Å². The van der Waals surface area contributed by atoms with E-state index in [4.69, 9.17) is 17.3 Å². The van der Waals surface area contributed by atoms with Crippen molar-refractivity contribution in [2.24, 2.45) is 7.05 Å². The lowest BCUT2D eigenvalue weighted by molar-refractivity contribution is 0.631. The average Bonchev–Trinajstić information content (AvgIpc) is 2.97. The van der Waals surface area contributed by atoms with Gasteiger partial charge >= 0.3 is 0 Å². The van der Waals surface area contributed by atoms with Gasteiger partial charge in [-0.1, -0.05) is 17.7 Å². The molecule has 2 heterocycles. The van der Waals surface area contributed by atoms with Crippen LogP contribution in [0.3, 0.4) is 0 Å². The Morgan fingerprint density at radius 3 is 2.71 bits per heavy atom. The summed E-state index contributed by atoms with van der Waals surface area (Å²) in [5.41, 5.74) is 7.44. The van der Waals surface area contributed by atoms with Gasteiger partial charge in [-0.2, -0.15) is 5.10 Å². The van der Waals surface area contributed by atoms with E-state index in [-0.39, 0.29) is 5.56 Å². The fraction of sp³-hybridized carbons (Fsp3) is 0.143. The molecule has 0 saturated heterocycles. The summed E-state index contributed by atoms with van der Waals surface area (Å²) in [6, 6.07) is 4.55. The number of nitrogens with zero attached hydrogens (tertiary/aromatic N) is 3. The second-order valence-electron chi connectivity index (χ2n) is 4.57. The third-order valence-electron chi connectivity index (χ3n) is 3.16. The van der Waals surface area contributed by atoms with Crippen molar-refractivity contribution in [1.29, 1.82) is 0 Å². The van der Waals surface area contributed by atoms with Crippen molar-refractivity contribution in [3.8, 4) is 21.7 Å². The molecule has 0 aliphatic carbocycles. The zero-order chi connectivity index (χ0) is 15.1. The van der Waals surface area contributed by atoms with Crippen molar-refractivity contribution in [1.82, 2.24) is 14.8 Å². The van der Waals surface area contributed by atoms with Crippen molar-refractivity contribution in [2.75, 3.05) is 5.73 Å². The Hall–Kier alpha value is -1.92. The van der Waals surface area contributed by atoms with E-state index in [2.05, 4.69) is 10.1 Å². The molecule has 2 aromatic heterocycles. The Balaban J connectivity index is 2.32. The van der Waals surface area contributed by atoms with Gasteiger partial charge in [0.1, 0.15) is 17.3 Å². The fourth-order valence-electron chi connectivity index (χ4n) is 2.16. The van der Waals surface area contributed by atoms with E-state index in [1.165, 1.54) is 22.1 Å². The maximum absolute atomic E-state index is 14.2. The molecule has 3 rings (SSSR count). The fourth-order valence-corrected chi connectivity index (χ4v) is 3.19. The van der Waals surface area contributed by atoms with Crippen LogP contribution in [0.2, 0.25) is 5.02 Å². The van der Waals surface area contributed by atoms with Crippen molar-refractivity contribution >= 4 is 28.8 Å². The molecule has 108 valence electrons. The maximum Gasteiger partial charge on any atom is 0.132 e. The first-order chi connectivity index (χ1) is 9.99. The van der Waals surface area contributed by atoms with Crippen LogP contribution in [0, 0.1) is 12.7 Å². The predicted octanol–water partition coefficient (Wildman–Crippen LogP) is 3.89. The van der Waals surface area contributed by atoms with Crippen LogP contribution in [0.25, 0.3) is 21.7 Å². The molecule has 7 heteroatoms. The van der Waals surface area contributed by atoms with Crippen molar-refractivity contribution < 1.29 is 4.39 Å². The summed E-state index contributed by atoms with van der Waals surface area (Å²) in [6.45, 7) is 1.90. The number of hydrogen-bond acceptors (Lipinski definition) is 4. The summed E-state index contributed by atoms with van der Waals surface area (Å²) < 4.78 is 15.8. The molecule has 21 heavy (non-hydrogen) atoms. The standard InChI is InChI=1S/C14H12ClFN4S/c1-7-18-6-10(21-7)13-12(14(17)20(2)19-13)11-8(15)4-3-5-9(11)16/h3-6H,17H2,1-2H3. The summed E-state index contributed by atoms with van der Waals surface area (Å²) in [5, 5.41) is 5.59. The molecule has 0 atom stereocenters. The summed E-state index contributed by atoms with van der Waals surface area (Å²) in [5.74, 6) is -0.0623. The van der Waals surface area contributed by atoms with E-state index < -0.39 is 5.82 Å². The molecule has 0 aliphatic heterocycles. The molecule has 0 spiro atoms. The second kappa shape index (κ2) is 5.13. The average molecular weight is 323 g/mol. The summed E-state index contributed by atoms with van der Waals surface area (Å²) >= 11 is 7.64. The van der Waals surface area contributed by atoms with Gasteiger partial charge in [-0.15, -0.1) is 11.3 Å². The Labute approximate surface area is 130 Å². The van der Waals surface area contributed by atoms with Crippen LogP contribution in [0.4, 0.5) is 10.2 Å². The van der Waals surface area contributed by atoms with E-state index in [0.29, 0.717) is 22.1 Å². The van der Waals surface area contributed by atoms with Gasteiger partial charge in [0.05, 0.1) is 20.5 Å². The Morgan fingerprint density at radius 1 is 1.33 bits per heavy atom. The number of rotatable bonds is 2. The van der Waals surface area contributed by atoms with Crippen LogP contribution in [0.1, 0.15) is 5.01 Å². The monoisotopic (exact) mass is 322 g/mol. The smallest absolute Gasteiger partial charge is 0.132 e. The summed E-state index contributed by atoms with van der Waals surface area (Å²) in [6.07, 6.45) is 1.71. The van der Waals surface area contributed by atoms with Crippen LogP contribution >= 0.6 is 22.9 Å². The van der Waals surface area contributed by atoms with Gasteiger partial charge in [-0.05, 0) is 19.1 Å². The third kappa shape index (κ3) is 2.30. The molecule has 2 N–H and O–H groups in total. The minimum atomic E-state index is -0.426. The number of thiazole rings is 1. The topological polar surface area (TPSA) is 56.7 Å². The summed E-state index contributed by atoms with van der Waals surface area (Å²) in [4.78, 5) is 5.04. The van der Waals surface area contributed by atoms with Gasteiger partial charge in [-0.3, -0.25) is 4.68 Å². The highest BCUT2D eigenvalue weighted by atomic mass is 35.5. The minimum absolute atomic E-state index is 0.269. The molecule has 0 fully saturated rings. The number of halogens is 2. The van der Waals surface area contributed by atoms with Crippen molar-refractivity contribution in [3.63, 3.8) is 0 Å². The number of nitrogen functional groups attached to an aromatic ring is 1. The van der Waals surface area contributed by atoms with E-state index in [0.717, 1.165) is 9.88 Å².